The Morgan fingerprint density at radius 2 is 1.85 bits per heavy atom. The lowest BCUT2D eigenvalue weighted by atomic mass is 10.1. The van der Waals surface area contributed by atoms with Crippen molar-refractivity contribution in [2.75, 3.05) is 18.4 Å². The molecule has 1 aromatic rings. The summed E-state index contributed by atoms with van der Waals surface area (Å²) in [4.78, 5) is 23.8. The van der Waals surface area contributed by atoms with E-state index in [-0.39, 0.29) is 11.5 Å². The number of hydrogen-bond acceptors (Lipinski definition) is 3. The molecule has 0 aliphatic carbocycles. The Morgan fingerprint density at radius 1 is 1.19 bits per heavy atom. The number of alkyl halides is 3. The molecule has 6 nitrogen and oxygen atoms in total. The van der Waals surface area contributed by atoms with Crippen LogP contribution in [0.25, 0.3) is 0 Å². The number of carbonyl (C=O) groups is 2. The zero-order valence-corrected chi connectivity index (χ0v) is 14.9. The van der Waals surface area contributed by atoms with Gasteiger partial charge in [0.15, 0.2) is 0 Å². The highest BCUT2D eigenvalue weighted by molar-refractivity contribution is 5.97. The van der Waals surface area contributed by atoms with Crippen molar-refractivity contribution >= 4 is 17.6 Å². The molecule has 0 saturated heterocycles. The van der Waals surface area contributed by atoms with Gasteiger partial charge in [0.1, 0.15) is 6.54 Å². The molecule has 0 aliphatic rings. The average Bonchev–Trinajstić information content (AvgIpc) is 2.51. The van der Waals surface area contributed by atoms with E-state index in [0.717, 1.165) is 0 Å². The standard InChI is InChI=1S/C17H24F3N3O3/c1-10(6-12(3)24)8-21-16(26)23-14-7-13(5-4-11(14)2)15(25)22-9-17(18,19)20/h4-5,7,10,12,24H,6,8-9H2,1-3H3,(H,22,25)(H2,21,23,26). The van der Waals surface area contributed by atoms with Gasteiger partial charge < -0.3 is 21.1 Å². The predicted molar refractivity (Wildman–Crippen MR) is 92.1 cm³/mol. The first-order chi connectivity index (χ1) is 12.0. The number of anilines is 1. The third-order valence-corrected chi connectivity index (χ3v) is 3.55. The van der Waals surface area contributed by atoms with Crippen molar-refractivity contribution in [2.24, 2.45) is 5.92 Å². The zero-order valence-electron chi connectivity index (χ0n) is 14.9. The fourth-order valence-corrected chi connectivity index (χ4v) is 2.28. The molecular weight excluding hydrogens is 351 g/mol. The number of aryl methyl sites for hydroxylation is 1. The first kappa shape index (κ1) is 21.8. The van der Waals surface area contributed by atoms with E-state index in [1.54, 1.807) is 19.2 Å². The van der Waals surface area contributed by atoms with Gasteiger partial charge in [0.2, 0.25) is 0 Å². The number of aliphatic hydroxyl groups is 1. The van der Waals surface area contributed by atoms with E-state index in [4.69, 9.17) is 0 Å². The second-order valence-corrected chi connectivity index (χ2v) is 6.35. The molecule has 0 heterocycles. The largest absolute Gasteiger partial charge is 0.405 e. The summed E-state index contributed by atoms with van der Waals surface area (Å²) in [5, 5.41) is 16.3. The highest BCUT2D eigenvalue weighted by Crippen LogP contribution is 2.18. The fraction of sp³-hybridized carbons (Fsp3) is 0.529. The summed E-state index contributed by atoms with van der Waals surface area (Å²) in [6.45, 7) is 4.16. The van der Waals surface area contributed by atoms with E-state index >= 15 is 0 Å². The SMILES string of the molecule is Cc1ccc(C(=O)NCC(F)(F)F)cc1NC(=O)NCC(C)CC(C)O. The van der Waals surface area contributed by atoms with E-state index < -0.39 is 30.8 Å². The van der Waals surface area contributed by atoms with Crippen molar-refractivity contribution in [1.82, 2.24) is 10.6 Å². The van der Waals surface area contributed by atoms with Gasteiger partial charge in [-0.2, -0.15) is 13.2 Å². The molecule has 4 N–H and O–H groups in total. The molecule has 9 heteroatoms. The van der Waals surface area contributed by atoms with Crippen LogP contribution in [0, 0.1) is 12.8 Å². The Kier molecular flexibility index (Phi) is 7.88. The molecule has 146 valence electrons. The average molecular weight is 375 g/mol. The summed E-state index contributed by atoms with van der Waals surface area (Å²) in [7, 11) is 0. The van der Waals surface area contributed by atoms with Crippen LogP contribution < -0.4 is 16.0 Å². The summed E-state index contributed by atoms with van der Waals surface area (Å²) in [5.41, 5.74) is 0.993. The minimum Gasteiger partial charge on any atom is -0.393 e. The third-order valence-electron chi connectivity index (χ3n) is 3.55. The molecule has 2 atom stereocenters. The van der Waals surface area contributed by atoms with Gasteiger partial charge in [-0.3, -0.25) is 4.79 Å². The lowest BCUT2D eigenvalue weighted by Crippen LogP contribution is -2.34. The Bertz CT molecular complexity index is 633. The topological polar surface area (TPSA) is 90.5 Å². The lowest BCUT2D eigenvalue weighted by Gasteiger charge is -2.16. The van der Waals surface area contributed by atoms with Crippen LogP contribution in [0.15, 0.2) is 18.2 Å². The number of aliphatic hydroxyl groups excluding tert-OH is 1. The molecule has 2 unspecified atom stereocenters. The maximum absolute atomic E-state index is 12.2. The van der Waals surface area contributed by atoms with Crippen molar-refractivity contribution in [2.45, 2.75) is 39.5 Å². The van der Waals surface area contributed by atoms with Crippen LogP contribution in [0.1, 0.15) is 36.2 Å². The molecular formula is C17H24F3N3O3. The number of urea groups is 1. The highest BCUT2D eigenvalue weighted by Gasteiger charge is 2.28. The molecule has 0 aromatic heterocycles. The number of amides is 3. The Balaban J connectivity index is 2.66. The van der Waals surface area contributed by atoms with Gasteiger partial charge in [-0.1, -0.05) is 13.0 Å². The Hall–Kier alpha value is -2.29. The van der Waals surface area contributed by atoms with Gasteiger partial charge in [0.05, 0.1) is 6.10 Å². The van der Waals surface area contributed by atoms with Gasteiger partial charge in [-0.05, 0) is 43.9 Å². The zero-order chi connectivity index (χ0) is 19.9. The second kappa shape index (κ2) is 9.42. The normalized spacial score (nSPS) is 13.7. The molecule has 0 spiro atoms. The van der Waals surface area contributed by atoms with Crippen molar-refractivity contribution in [3.8, 4) is 0 Å². The van der Waals surface area contributed by atoms with Crippen LogP contribution in [0.2, 0.25) is 0 Å². The summed E-state index contributed by atoms with van der Waals surface area (Å²) in [6.07, 6.45) is -4.43. The van der Waals surface area contributed by atoms with Crippen LogP contribution in [0.3, 0.4) is 0 Å². The number of benzene rings is 1. The summed E-state index contributed by atoms with van der Waals surface area (Å²) in [5.74, 6) is -0.808. The minimum atomic E-state index is -4.50. The van der Waals surface area contributed by atoms with Gasteiger partial charge in [-0.15, -0.1) is 0 Å². The molecule has 0 fully saturated rings. The number of nitrogens with one attached hydrogen (secondary N) is 3. The van der Waals surface area contributed by atoms with Gasteiger partial charge in [0, 0.05) is 17.8 Å². The maximum Gasteiger partial charge on any atom is 0.405 e. The van der Waals surface area contributed by atoms with E-state index in [2.05, 4.69) is 10.6 Å². The van der Waals surface area contributed by atoms with Crippen molar-refractivity contribution in [3.05, 3.63) is 29.3 Å². The van der Waals surface area contributed by atoms with E-state index in [9.17, 15) is 27.9 Å². The van der Waals surface area contributed by atoms with Crippen LogP contribution in [0.5, 0.6) is 0 Å². The van der Waals surface area contributed by atoms with Crippen molar-refractivity contribution < 1.29 is 27.9 Å². The summed E-state index contributed by atoms with van der Waals surface area (Å²) < 4.78 is 36.5. The van der Waals surface area contributed by atoms with Crippen LogP contribution in [-0.2, 0) is 0 Å². The maximum atomic E-state index is 12.2. The third kappa shape index (κ3) is 8.19. The van der Waals surface area contributed by atoms with Crippen molar-refractivity contribution in [3.63, 3.8) is 0 Å². The minimum absolute atomic E-state index is 0.0117. The molecule has 0 saturated carbocycles. The molecule has 26 heavy (non-hydrogen) atoms. The Morgan fingerprint density at radius 3 is 2.42 bits per heavy atom. The number of hydrogen-bond donors (Lipinski definition) is 4. The summed E-state index contributed by atoms with van der Waals surface area (Å²) in [6, 6.07) is 3.74. The second-order valence-electron chi connectivity index (χ2n) is 6.35. The highest BCUT2D eigenvalue weighted by atomic mass is 19.4. The van der Waals surface area contributed by atoms with Crippen LogP contribution in [0.4, 0.5) is 23.7 Å². The monoisotopic (exact) mass is 375 g/mol. The quantitative estimate of drug-likeness (QED) is 0.591. The first-order valence-corrected chi connectivity index (χ1v) is 8.16. The van der Waals surface area contributed by atoms with Crippen LogP contribution >= 0.6 is 0 Å². The number of carbonyl (C=O) groups excluding carboxylic acids is 2. The molecule has 0 bridgehead atoms. The molecule has 0 aliphatic heterocycles. The predicted octanol–water partition coefficient (Wildman–Crippen LogP) is 2.82. The summed E-state index contributed by atoms with van der Waals surface area (Å²) >= 11 is 0. The molecule has 0 radical (unpaired) electrons. The molecule has 1 aromatic carbocycles. The van der Waals surface area contributed by atoms with Gasteiger partial charge in [0.25, 0.3) is 5.91 Å². The van der Waals surface area contributed by atoms with Crippen molar-refractivity contribution in [1.29, 1.82) is 0 Å². The fourth-order valence-electron chi connectivity index (χ4n) is 2.28. The lowest BCUT2D eigenvalue weighted by molar-refractivity contribution is -0.123. The smallest absolute Gasteiger partial charge is 0.393 e. The van der Waals surface area contributed by atoms with Crippen LogP contribution in [-0.4, -0.2) is 42.4 Å². The van der Waals surface area contributed by atoms with E-state index in [1.165, 1.54) is 18.2 Å². The van der Waals surface area contributed by atoms with Gasteiger partial charge in [-0.25, -0.2) is 4.79 Å². The molecule has 3 amide bonds. The number of rotatable bonds is 7. The number of halogens is 3. The molecule has 1 rings (SSSR count). The first-order valence-electron chi connectivity index (χ1n) is 8.16. The Labute approximate surface area is 150 Å². The van der Waals surface area contributed by atoms with Gasteiger partial charge >= 0.3 is 12.2 Å². The van der Waals surface area contributed by atoms with E-state index in [1.807, 2.05) is 6.92 Å². The van der Waals surface area contributed by atoms with E-state index in [0.29, 0.717) is 24.2 Å².